The van der Waals surface area contributed by atoms with Crippen LogP contribution >= 0.6 is 35.1 Å². The first-order valence-electron chi connectivity index (χ1n) is 8.27. The number of nitrogens with zero attached hydrogens (tertiary/aromatic N) is 1. The summed E-state index contributed by atoms with van der Waals surface area (Å²) >= 11 is 9.31. The van der Waals surface area contributed by atoms with Crippen LogP contribution in [0.2, 0.25) is 5.02 Å². The van der Waals surface area contributed by atoms with E-state index in [-0.39, 0.29) is 5.91 Å². The van der Waals surface area contributed by atoms with Crippen LogP contribution in [0.1, 0.15) is 15.9 Å². The Bertz CT molecular complexity index is 781. The number of nitrogens with one attached hydrogen (secondary N) is 1. The van der Waals surface area contributed by atoms with Crippen LogP contribution in [0, 0.1) is 0 Å². The molecule has 0 aliphatic carbocycles. The Labute approximate surface area is 166 Å². The van der Waals surface area contributed by atoms with Crippen molar-refractivity contribution in [3.63, 3.8) is 0 Å². The molecule has 0 fully saturated rings. The van der Waals surface area contributed by atoms with Crippen LogP contribution in [0.25, 0.3) is 0 Å². The lowest BCUT2D eigenvalue weighted by Crippen LogP contribution is -2.28. The maximum absolute atomic E-state index is 12.5. The van der Waals surface area contributed by atoms with E-state index in [2.05, 4.69) is 10.3 Å². The van der Waals surface area contributed by atoms with Gasteiger partial charge in [0.1, 0.15) is 16.7 Å². The monoisotopic (exact) mass is 406 g/mol. The molecule has 0 unspecified atom stereocenters. The molecule has 136 valence electrons. The van der Waals surface area contributed by atoms with Crippen molar-refractivity contribution < 1.29 is 9.53 Å². The molecular formula is C19H19ClN2O2S2. The lowest BCUT2D eigenvalue weighted by atomic mass is 10.1. The van der Waals surface area contributed by atoms with Crippen LogP contribution in [0.3, 0.4) is 0 Å². The fourth-order valence-electron chi connectivity index (χ4n) is 2.37. The Hall–Kier alpha value is -1.63. The van der Waals surface area contributed by atoms with Crippen LogP contribution in [0.5, 0.6) is 5.75 Å². The molecule has 0 spiro atoms. The van der Waals surface area contributed by atoms with Crippen molar-refractivity contribution >= 4 is 45.4 Å². The Morgan fingerprint density at radius 1 is 1.23 bits per heavy atom. The number of carbonyl (C=O) groups is 1. The minimum atomic E-state index is -0.0816. The van der Waals surface area contributed by atoms with E-state index >= 15 is 0 Å². The van der Waals surface area contributed by atoms with Gasteiger partial charge in [-0.15, -0.1) is 0 Å². The molecule has 0 radical (unpaired) electrons. The second-order valence-electron chi connectivity index (χ2n) is 5.50. The van der Waals surface area contributed by atoms with E-state index in [1.165, 1.54) is 0 Å². The number of halogens is 1. The lowest BCUT2D eigenvalue weighted by molar-refractivity contribution is 0.0946. The topological polar surface area (TPSA) is 50.7 Å². The van der Waals surface area contributed by atoms with Gasteiger partial charge in [-0.1, -0.05) is 53.3 Å². The molecule has 7 heteroatoms. The molecule has 0 atom stereocenters. The Balaban J connectivity index is 1.48. The lowest BCUT2D eigenvalue weighted by Gasteiger charge is -2.11. The van der Waals surface area contributed by atoms with Gasteiger partial charge < -0.3 is 10.1 Å². The van der Waals surface area contributed by atoms with E-state index < -0.39 is 0 Å². The highest BCUT2D eigenvalue weighted by Crippen LogP contribution is 2.26. The Kier molecular flexibility index (Phi) is 7.29. The van der Waals surface area contributed by atoms with Gasteiger partial charge in [-0.05, 0) is 35.9 Å². The smallest absolute Gasteiger partial charge is 0.251 e. The minimum absolute atomic E-state index is 0.0816. The number of carbonyl (C=O) groups excluding carboxylic acids is 1. The highest BCUT2D eigenvalue weighted by Gasteiger charge is 2.13. The molecule has 26 heavy (non-hydrogen) atoms. The summed E-state index contributed by atoms with van der Waals surface area (Å²) in [4.78, 5) is 16.9. The molecule has 1 aliphatic rings. The van der Waals surface area contributed by atoms with Gasteiger partial charge in [0.2, 0.25) is 0 Å². The number of thioether (sulfide) groups is 2. The zero-order valence-electron chi connectivity index (χ0n) is 14.1. The van der Waals surface area contributed by atoms with Crippen molar-refractivity contribution in [2.75, 3.05) is 25.4 Å². The first-order chi connectivity index (χ1) is 12.7. The average molecular weight is 407 g/mol. The van der Waals surface area contributed by atoms with Gasteiger partial charge in [0.05, 0.1) is 13.1 Å². The van der Waals surface area contributed by atoms with Crippen molar-refractivity contribution in [2.24, 2.45) is 4.99 Å². The maximum Gasteiger partial charge on any atom is 0.251 e. The third-order valence-corrected chi connectivity index (χ3v) is 6.19. The van der Waals surface area contributed by atoms with Gasteiger partial charge in [-0.25, -0.2) is 0 Å². The fourth-order valence-corrected chi connectivity index (χ4v) is 4.51. The molecule has 1 heterocycles. The van der Waals surface area contributed by atoms with Crippen molar-refractivity contribution in [2.45, 2.75) is 5.75 Å². The standard InChI is InChI=1S/C19H19ClN2O2S2/c20-15-5-7-16(8-6-15)24-11-9-21-18(23)17-4-2-1-3-14(17)13-26-19-22-10-12-25-19/h1-8H,9-13H2,(H,21,23). The first-order valence-corrected chi connectivity index (χ1v) is 10.6. The molecule has 2 aromatic rings. The van der Waals surface area contributed by atoms with E-state index in [1.807, 2.05) is 24.3 Å². The van der Waals surface area contributed by atoms with Gasteiger partial charge >= 0.3 is 0 Å². The fraction of sp³-hybridized carbons (Fsp3) is 0.263. The molecular weight excluding hydrogens is 388 g/mol. The molecule has 1 aliphatic heterocycles. The highest BCUT2D eigenvalue weighted by atomic mass is 35.5. The third kappa shape index (κ3) is 5.69. The van der Waals surface area contributed by atoms with Gasteiger partial charge in [-0.2, -0.15) is 0 Å². The Morgan fingerprint density at radius 3 is 2.81 bits per heavy atom. The summed E-state index contributed by atoms with van der Waals surface area (Å²) in [6.07, 6.45) is 0. The number of hydrogen-bond acceptors (Lipinski definition) is 5. The normalized spacial score (nSPS) is 13.3. The summed E-state index contributed by atoms with van der Waals surface area (Å²) in [5, 5.41) is 3.58. The molecule has 0 saturated carbocycles. The van der Waals surface area contributed by atoms with Gasteiger partial charge in [-0.3, -0.25) is 9.79 Å². The molecule has 0 aromatic heterocycles. The van der Waals surface area contributed by atoms with Gasteiger partial charge in [0.15, 0.2) is 0 Å². The van der Waals surface area contributed by atoms with Gasteiger partial charge in [0, 0.05) is 22.1 Å². The second-order valence-corrected chi connectivity index (χ2v) is 8.24. The van der Waals surface area contributed by atoms with Crippen molar-refractivity contribution in [1.29, 1.82) is 0 Å². The largest absolute Gasteiger partial charge is 0.492 e. The number of benzene rings is 2. The summed E-state index contributed by atoms with van der Waals surface area (Å²) in [6, 6.07) is 14.9. The van der Waals surface area contributed by atoms with E-state index in [1.54, 1.807) is 47.8 Å². The molecule has 2 aromatic carbocycles. The number of hydrogen-bond donors (Lipinski definition) is 1. The summed E-state index contributed by atoms with van der Waals surface area (Å²) in [6.45, 7) is 1.73. The quantitative estimate of drug-likeness (QED) is 0.688. The van der Waals surface area contributed by atoms with E-state index in [0.717, 1.165) is 33.7 Å². The molecule has 4 nitrogen and oxygen atoms in total. The number of aliphatic imine (C=N–C) groups is 1. The number of ether oxygens (including phenoxy) is 1. The average Bonchev–Trinajstić information content (AvgIpc) is 3.19. The van der Waals surface area contributed by atoms with Crippen LogP contribution in [-0.2, 0) is 5.75 Å². The minimum Gasteiger partial charge on any atom is -0.492 e. The second kappa shape index (κ2) is 9.90. The zero-order valence-corrected chi connectivity index (χ0v) is 16.5. The predicted molar refractivity (Wildman–Crippen MR) is 112 cm³/mol. The van der Waals surface area contributed by atoms with E-state index in [0.29, 0.717) is 23.7 Å². The molecule has 0 bridgehead atoms. The van der Waals surface area contributed by atoms with Crippen LogP contribution in [-0.4, -0.2) is 35.7 Å². The van der Waals surface area contributed by atoms with Crippen molar-refractivity contribution in [3.8, 4) is 5.75 Å². The highest BCUT2D eigenvalue weighted by molar-refractivity contribution is 8.38. The number of rotatable bonds is 7. The maximum atomic E-state index is 12.5. The molecule has 0 saturated heterocycles. The number of amides is 1. The van der Waals surface area contributed by atoms with Gasteiger partial charge in [0.25, 0.3) is 5.91 Å². The van der Waals surface area contributed by atoms with Crippen molar-refractivity contribution in [3.05, 3.63) is 64.7 Å². The summed E-state index contributed by atoms with van der Waals surface area (Å²) in [5.41, 5.74) is 1.72. The van der Waals surface area contributed by atoms with E-state index in [9.17, 15) is 4.79 Å². The Morgan fingerprint density at radius 2 is 2.04 bits per heavy atom. The zero-order chi connectivity index (χ0) is 18.2. The van der Waals surface area contributed by atoms with Crippen LogP contribution < -0.4 is 10.1 Å². The van der Waals surface area contributed by atoms with Crippen LogP contribution in [0.4, 0.5) is 0 Å². The first kappa shape index (κ1) is 19.1. The molecule has 1 N–H and O–H groups in total. The van der Waals surface area contributed by atoms with Crippen molar-refractivity contribution in [1.82, 2.24) is 5.32 Å². The van der Waals surface area contributed by atoms with Crippen LogP contribution in [0.15, 0.2) is 53.5 Å². The summed E-state index contributed by atoms with van der Waals surface area (Å²) < 4.78 is 6.70. The summed E-state index contributed by atoms with van der Waals surface area (Å²) in [5.74, 6) is 2.45. The third-order valence-electron chi connectivity index (χ3n) is 3.64. The molecule has 1 amide bonds. The molecule has 3 rings (SSSR count). The SMILES string of the molecule is O=C(NCCOc1ccc(Cl)cc1)c1ccccc1CSC1=NCCS1. The predicted octanol–water partition coefficient (Wildman–Crippen LogP) is 4.48. The summed E-state index contributed by atoms with van der Waals surface area (Å²) in [7, 11) is 0. The van der Waals surface area contributed by atoms with E-state index in [4.69, 9.17) is 16.3 Å².